The van der Waals surface area contributed by atoms with Crippen LogP contribution in [0.15, 0.2) is 121 Å². The summed E-state index contributed by atoms with van der Waals surface area (Å²) in [6.45, 7) is 12.0. The van der Waals surface area contributed by atoms with Gasteiger partial charge in [-0.15, -0.1) is 0 Å². The Morgan fingerprint density at radius 2 is 1.47 bits per heavy atom. The number of rotatable bonds is 5. The molecule has 5 aromatic carbocycles. The Bertz CT molecular complexity index is 2690. The Hall–Kier alpha value is -5.48. The number of phenols is 1. The van der Waals surface area contributed by atoms with E-state index in [4.69, 9.17) is 14.6 Å². The van der Waals surface area contributed by atoms with Gasteiger partial charge in [0.2, 0.25) is 0 Å². The number of imidazole rings is 1. The molecule has 0 bridgehead atoms. The number of fused-ring (bicyclic) bond motifs is 1. The van der Waals surface area contributed by atoms with Crippen molar-refractivity contribution in [3.05, 3.63) is 144 Å². The zero-order chi connectivity index (χ0) is 39.8. The van der Waals surface area contributed by atoms with Gasteiger partial charge in [-0.05, 0) is 108 Å². The number of para-hydroxylation sites is 1. The van der Waals surface area contributed by atoms with E-state index >= 15 is 0 Å². The van der Waals surface area contributed by atoms with Crippen molar-refractivity contribution in [2.45, 2.75) is 47.0 Å². The second-order valence-corrected chi connectivity index (χ2v) is 13.0. The molecule has 1 N–H and O–H groups in total. The number of hydrogen-bond donors (Lipinski definition) is 1. The molecule has 0 fully saturated rings. The molecular weight excluding hydrogens is 574 g/mol. The summed E-state index contributed by atoms with van der Waals surface area (Å²) in [5.41, 5.74) is 7.63. The van der Waals surface area contributed by atoms with E-state index in [2.05, 4.69) is 31.8 Å². The van der Waals surface area contributed by atoms with Gasteiger partial charge in [0, 0.05) is 23.0 Å². The number of benzene rings is 5. The third-order valence-corrected chi connectivity index (χ3v) is 8.39. The molecule has 0 unspecified atom stereocenters. The van der Waals surface area contributed by atoms with E-state index in [1.54, 1.807) is 0 Å². The molecule has 0 aliphatic heterocycles. The van der Waals surface area contributed by atoms with Crippen LogP contribution < -0.4 is 0 Å². The molecular formula is C43H39N3O. The van der Waals surface area contributed by atoms with Gasteiger partial charge in [0.05, 0.1) is 33.3 Å². The molecule has 0 atom stereocenters. The zero-order valence-corrected chi connectivity index (χ0v) is 27.2. The number of pyridine rings is 1. The van der Waals surface area contributed by atoms with Gasteiger partial charge in [-0.1, -0.05) is 92.9 Å². The summed E-state index contributed by atoms with van der Waals surface area (Å²) in [4.78, 5) is 9.63. The van der Waals surface area contributed by atoms with E-state index in [-0.39, 0.29) is 28.6 Å². The zero-order valence-electron chi connectivity index (χ0n) is 35.2. The summed E-state index contributed by atoms with van der Waals surface area (Å²) in [5, 5.41) is 11.4. The van der Waals surface area contributed by atoms with E-state index < -0.39 is 47.8 Å². The van der Waals surface area contributed by atoms with Gasteiger partial charge in [0.25, 0.3) is 0 Å². The van der Waals surface area contributed by atoms with E-state index in [9.17, 15) is 6.48 Å². The quantitative estimate of drug-likeness (QED) is 0.208. The molecule has 4 nitrogen and oxygen atoms in total. The Labute approximate surface area is 288 Å². The maximum absolute atomic E-state index is 11.4. The predicted molar refractivity (Wildman–Crippen MR) is 195 cm³/mol. The van der Waals surface area contributed by atoms with Crippen molar-refractivity contribution in [3.8, 4) is 56.3 Å². The fourth-order valence-corrected chi connectivity index (χ4v) is 5.91. The number of aromatic hydroxyl groups is 1. The minimum atomic E-state index is -0.594. The topological polar surface area (TPSA) is 50.9 Å². The molecule has 232 valence electrons. The van der Waals surface area contributed by atoms with Crippen LogP contribution in [0.25, 0.3) is 61.6 Å². The van der Waals surface area contributed by atoms with Gasteiger partial charge in [0.1, 0.15) is 11.6 Å². The van der Waals surface area contributed by atoms with Crippen LogP contribution in [0.3, 0.4) is 0 Å². The molecule has 47 heavy (non-hydrogen) atoms. The van der Waals surface area contributed by atoms with Gasteiger partial charge < -0.3 is 5.11 Å². The van der Waals surface area contributed by atoms with Crippen LogP contribution in [0.1, 0.15) is 54.0 Å². The smallest absolute Gasteiger partial charge is 0.149 e. The van der Waals surface area contributed by atoms with Crippen molar-refractivity contribution in [3.63, 3.8) is 0 Å². The fraction of sp³-hybridized carbons (Fsp3) is 0.163. The lowest BCUT2D eigenvalue weighted by atomic mass is 9.83. The van der Waals surface area contributed by atoms with Crippen molar-refractivity contribution in [2.75, 3.05) is 0 Å². The normalized spacial score (nSPS) is 14.1. The highest BCUT2D eigenvalue weighted by Gasteiger charge is 2.23. The number of aryl methyl sites for hydroxylation is 3. The predicted octanol–water partition coefficient (Wildman–Crippen LogP) is 11.0. The third kappa shape index (κ3) is 5.72. The van der Waals surface area contributed by atoms with E-state index in [0.717, 1.165) is 44.6 Å². The highest BCUT2D eigenvalue weighted by Crippen LogP contribution is 2.41. The number of hydrogen-bond acceptors (Lipinski definition) is 3. The summed E-state index contributed by atoms with van der Waals surface area (Å²) in [6, 6.07) is 19.9. The Morgan fingerprint density at radius 1 is 0.723 bits per heavy atom. The number of phenolic OH excluding ortho intramolecular Hbond substituents is 1. The van der Waals surface area contributed by atoms with Crippen LogP contribution >= 0.6 is 0 Å². The first-order chi connectivity index (χ1) is 25.9. The molecule has 2 aromatic heterocycles. The molecule has 4 heteroatoms. The van der Waals surface area contributed by atoms with Crippen LogP contribution in [0.4, 0.5) is 0 Å². The molecule has 2 heterocycles. The Morgan fingerprint density at radius 3 is 2.21 bits per heavy atom. The number of nitrogens with zero attached hydrogens (tertiary/aromatic N) is 3. The molecule has 7 rings (SSSR count). The lowest BCUT2D eigenvalue weighted by Gasteiger charge is -2.22. The molecule has 7 aromatic rings. The highest BCUT2D eigenvalue weighted by molar-refractivity contribution is 5.97. The van der Waals surface area contributed by atoms with Gasteiger partial charge in [-0.25, -0.2) is 4.98 Å². The van der Waals surface area contributed by atoms with Crippen molar-refractivity contribution < 1.29 is 16.1 Å². The average molecular weight is 622 g/mol. The largest absolute Gasteiger partial charge is 0.507 e. The molecule has 0 spiro atoms. The Balaban J connectivity index is 1.53. The second-order valence-electron chi connectivity index (χ2n) is 13.0. The van der Waals surface area contributed by atoms with Gasteiger partial charge >= 0.3 is 0 Å². The summed E-state index contributed by atoms with van der Waals surface area (Å²) in [6.07, 6.45) is -0.493. The molecule has 0 radical (unpaired) electrons. The highest BCUT2D eigenvalue weighted by atomic mass is 16.3. The monoisotopic (exact) mass is 621 g/mol. The standard InChI is InChI=1S/C43H39N3O/c1-27-15-17-35(18-16-27)46-39-14-10-13-36(40(39)45-42(46)37-22-28(2)21-29(3)41(37)47)32-23-33(25-34(24-32)43(4,5)6)38-26-31(19-20-44-38)30-11-8-7-9-12-30/h7-26,47H,1-6H3/i7D,8D,9D,11D,12D,19D,20D,26D. The fourth-order valence-electron chi connectivity index (χ4n) is 5.91. The summed E-state index contributed by atoms with van der Waals surface area (Å²) >= 11 is 0. The summed E-state index contributed by atoms with van der Waals surface area (Å²) < 4.78 is 70.5. The van der Waals surface area contributed by atoms with Gasteiger partial charge in [-0.3, -0.25) is 9.55 Å². The first-order valence-corrected chi connectivity index (χ1v) is 15.5. The summed E-state index contributed by atoms with van der Waals surface area (Å²) in [7, 11) is 0. The molecule has 0 aliphatic carbocycles. The lowest BCUT2D eigenvalue weighted by molar-refractivity contribution is 0.472. The molecule has 0 amide bonds. The van der Waals surface area contributed by atoms with Crippen molar-refractivity contribution >= 4 is 11.0 Å². The maximum atomic E-state index is 11.4. The SMILES string of the molecule is [2H]c1nc(-c2cc(-c3cccc4c3nc(-c3cc(C)cc(C)c3O)n4-c3ccc(C)cc3)cc(C(C)(C)C)c2)c([2H])c(-c2c([2H])c([2H])c([2H])c([2H])c2[2H])c1[2H]. The lowest BCUT2D eigenvalue weighted by Crippen LogP contribution is -2.11. The van der Waals surface area contributed by atoms with Gasteiger partial charge in [-0.2, -0.15) is 0 Å². The Kier molecular flexibility index (Phi) is 5.51. The molecule has 0 saturated heterocycles. The van der Waals surface area contributed by atoms with Gasteiger partial charge in [0.15, 0.2) is 0 Å². The first-order valence-electron chi connectivity index (χ1n) is 19.5. The van der Waals surface area contributed by atoms with Crippen LogP contribution in [0.5, 0.6) is 5.75 Å². The summed E-state index contributed by atoms with van der Waals surface area (Å²) in [5.74, 6) is 0.701. The average Bonchev–Trinajstić information content (AvgIpc) is 3.53. The second kappa shape index (κ2) is 11.7. The minimum Gasteiger partial charge on any atom is -0.507 e. The van der Waals surface area contributed by atoms with E-state index in [1.165, 1.54) is 0 Å². The van der Waals surface area contributed by atoms with E-state index in [1.807, 2.05) is 92.1 Å². The first kappa shape index (κ1) is 22.1. The van der Waals surface area contributed by atoms with Crippen LogP contribution in [-0.2, 0) is 5.41 Å². The van der Waals surface area contributed by atoms with E-state index in [0.29, 0.717) is 22.5 Å². The number of aromatic nitrogens is 3. The molecule has 0 saturated carbocycles. The van der Waals surface area contributed by atoms with Crippen LogP contribution in [-0.4, -0.2) is 19.6 Å². The van der Waals surface area contributed by atoms with Crippen molar-refractivity contribution in [2.24, 2.45) is 0 Å². The maximum Gasteiger partial charge on any atom is 0.149 e. The minimum absolute atomic E-state index is 0.0355. The van der Waals surface area contributed by atoms with Crippen LogP contribution in [0, 0.1) is 20.8 Å². The molecule has 0 aliphatic rings. The van der Waals surface area contributed by atoms with Crippen LogP contribution in [0.2, 0.25) is 0 Å². The van der Waals surface area contributed by atoms with Crippen molar-refractivity contribution in [1.29, 1.82) is 0 Å². The third-order valence-electron chi connectivity index (χ3n) is 8.39. The van der Waals surface area contributed by atoms with Crippen molar-refractivity contribution in [1.82, 2.24) is 14.5 Å².